The van der Waals surface area contributed by atoms with Gasteiger partial charge in [-0.25, -0.2) is 8.42 Å². The third-order valence-electron chi connectivity index (χ3n) is 4.64. The van der Waals surface area contributed by atoms with Gasteiger partial charge in [-0.05, 0) is 42.0 Å². The molecule has 0 fully saturated rings. The monoisotopic (exact) mass is 469 g/mol. The van der Waals surface area contributed by atoms with Crippen molar-refractivity contribution in [3.63, 3.8) is 0 Å². The molecule has 0 heterocycles. The molecular formula is C22H23N5O5S. The molecule has 0 aliphatic carbocycles. The second kappa shape index (κ2) is 10.0. The molecule has 0 saturated heterocycles. The normalized spacial score (nSPS) is 11.2. The number of hydrazone groups is 1. The number of nitro groups is 1. The Bertz CT molecular complexity index is 1270. The van der Waals surface area contributed by atoms with E-state index in [9.17, 15) is 18.5 Å². The van der Waals surface area contributed by atoms with Crippen LogP contribution in [0, 0.1) is 10.1 Å². The van der Waals surface area contributed by atoms with E-state index < -0.39 is 20.6 Å². The topological polar surface area (TPSA) is 126 Å². The zero-order valence-electron chi connectivity index (χ0n) is 18.2. The Labute approximate surface area is 191 Å². The van der Waals surface area contributed by atoms with Gasteiger partial charge in [0.25, 0.3) is 15.7 Å². The first-order chi connectivity index (χ1) is 15.7. The largest absolute Gasteiger partial charge is 0.495 e. The van der Waals surface area contributed by atoms with Gasteiger partial charge in [-0.3, -0.25) is 20.3 Å². The van der Waals surface area contributed by atoms with Gasteiger partial charge in [0.05, 0.1) is 28.8 Å². The molecule has 0 unspecified atom stereocenters. The minimum absolute atomic E-state index is 0.0532. The number of sulfonamides is 1. The Hall–Kier alpha value is -4.12. The first kappa shape index (κ1) is 23.5. The summed E-state index contributed by atoms with van der Waals surface area (Å²) in [5, 5.41) is 15.6. The van der Waals surface area contributed by atoms with Gasteiger partial charge in [0.15, 0.2) is 0 Å². The molecule has 33 heavy (non-hydrogen) atoms. The molecule has 0 spiro atoms. The average Bonchev–Trinajstić information content (AvgIpc) is 2.79. The first-order valence-corrected chi connectivity index (χ1v) is 11.2. The number of ether oxygens (including phenoxy) is 1. The summed E-state index contributed by atoms with van der Waals surface area (Å²) in [5.41, 5.74) is 4.26. The summed E-state index contributed by atoms with van der Waals surface area (Å²) < 4.78 is 33.1. The van der Waals surface area contributed by atoms with Crippen molar-refractivity contribution >= 4 is 39.0 Å². The van der Waals surface area contributed by atoms with Crippen LogP contribution in [0.25, 0.3) is 0 Å². The smallest absolute Gasteiger partial charge is 0.295 e. The number of nitro benzene ring substituents is 1. The van der Waals surface area contributed by atoms with Crippen molar-refractivity contribution in [3.8, 4) is 5.75 Å². The van der Waals surface area contributed by atoms with Crippen molar-refractivity contribution in [2.75, 3.05) is 36.3 Å². The highest BCUT2D eigenvalue weighted by Gasteiger charge is 2.22. The summed E-state index contributed by atoms with van der Waals surface area (Å²) in [6, 6.07) is 17.5. The molecule has 0 amide bonds. The number of hydrogen-bond donors (Lipinski definition) is 2. The van der Waals surface area contributed by atoms with Crippen LogP contribution in [0.4, 0.5) is 22.7 Å². The van der Waals surface area contributed by atoms with Crippen LogP contribution < -0.4 is 19.8 Å². The minimum Gasteiger partial charge on any atom is -0.495 e. The van der Waals surface area contributed by atoms with Crippen molar-refractivity contribution in [1.82, 2.24) is 0 Å². The molecule has 0 radical (unpaired) electrons. The van der Waals surface area contributed by atoms with Crippen LogP contribution in [-0.4, -0.2) is 40.8 Å². The van der Waals surface area contributed by atoms with E-state index in [1.165, 1.54) is 31.5 Å². The van der Waals surface area contributed by atoms with Crippen LogP contribution in [0.2, 0.25) is 0 Å². The van der Waals surface area contributed by atoms with E-state index in [1.807, 2.05) is 43.3 Å². The lowest BCUT2D eigenvalue weighted by molar-refractivity contribution is -0.384. The van der Waals surface area contributed by atoms with Crippen molar-refractivity contribution < 1.29 is 18.1 Å². The van der Waals surface area contributed by atoms with Gasteiger partial charge in [-0.2, -0.15) is 5.10 Å². The predicted octanol–water partition coefficient (Wildman–Crippen LogP) is 3.92. The number of hydrogen-bond acceptors (Lipinski definition) is 8. The lowest BCUT2D eigenvalue weighted by Gasteiger charge is -2.12. The van der Waals surface area contributed by atoms with Gasteiger partial charge in [0.1, 0.15) is 11.4 Å². The molecule has 0 aromatic heterocycles. The quantitative estimate of drug-likeness (QED) is 0.276. The molecular weight excluding hydrogens is 446 g/mol. The molecule has 3 aromatic rings. The lowest BCUT2D eigenvalue weighted by atomic mass is 10.2. The molecule has 3 aromatic carbocycles. The number of anilines is 3. The Kier molecular flexibility index (Phi) is 7.13. The average molecular weight is 470 g/mol. The summed E-state index contributed by atoms with van der Waals surface area (Å²) in [4.78, 5) is 12.6. The minimum atomic E-state index is -4.10. The van der Waals surface area contributed by atoms with Crippen molar-refractivity contribution in [2.45, 2.75) is 4.90 Å². The third-order valence-corrected chi connectivity index (χ3v) is 6.00. The molecule has 10 nitrogen and oxygen atoms in total. The standard InChI is InChI=1S/C22H23N5O5S/c1-26(2)17-10-8-16(9-11-17)15-23-24-19-13-12-18(14-21(19)27(28)29)33(30,31)25-20-6-4-5-7-22(20)32-3/h4-15,24-25H,1-3H3. The SMILES string of the molecule is COc1ccccc1NS(=O)(=O)c1ccc(NN=Cc2ccc(N(C)C)cc2)c([N+](=O)[O-])c1. The summed E-state index contributed by atoms with van der Waals surface area (Å²) in [5.74, 6) is 0.321. The van der Waals surface area contributed by atoms with E-state index in [0.717, 1.165) is 17.3 Å². The van der Waals surface area contributed by atoms with Crippen LogP contribution in [0.5, 0.6) is 5.75 Å². The number of nitrogens with one attached hydrogen (secondary N) is 2. The molecule has 2 N–H and O–H groups in total. The summed E-state index contributed by atoms with van der Waals surface area (Å²) in [6.45, 7) is 0. The van der Waals surface area contributed by atoms with Gasteiger partial charge >= 0.3 is 0 Å². The van der Waals surface area contributed by atoms with Gasteiger partial charge in [0.2, 0.25) is 0 Å². The zero-order chi connectivity index (χ0) is 24.0. The second-order valence-electron chi connectivity index (χ2n) is 7.10. The molecule has 0 bridgehead atoms. The first-order valence-electron chi connectivity index (χ1n) is 9.72. The maximum atomic E-state index is 12.8. The van der Waals surface area contributed by atoms with E-state index in [4.69, 9.17) is 4.74 Å². The fraction of sp³-hybridized carbons (Fsp3) is 0.136. The zero-order valence-corrected chi connectivity index (χ0v) is 19.0. The molecule has 0 atom stereocenters. The number of methoxy groups -OCH3 is 1. The van der Waals surface area contributed by atoms with E-state index in [0.29, 0.717) is 5.75 Å². The van der Waals surface area contributed by atoms with Crippen LogP contribution in [0.15, 0.2) is 76.7 Å². The van der Waals surface area contributed by atoms with E-state index >= 15 is 0 Å². The lowest BCUT2D eigenvalue weighted by Crippen LogP contribution is -2.14. The highest BCUT2D eigenvalue weighted by molar-refractivity contribution is 7.92. The van der Waals surface area contributed by atoms with E-state index in [-0.39, 0.29) is 16.3 Å². The fourth-order valence-corrected chi connectivity index (χ4v) is 3.98. The molecule has 0 aliphatic rings. The Morgan fingerprint density at radius 3 is 2.36 bits per heavy atom. The fourth-order valence-electron chi connectivity index (χ4n) is 2.89. The third kappa shape index (κ3) is 5.77. The van der Waals surface area contributed by atoms with Crippen LogP contribution in [0.1, 0.15) is 5.56 Å². The van der Waals surface area contributed by atoms with Gasteiger partial charge < -0.3 is 9.64 Å². The molecule has 172 valence electrons. The number of para-hydroxylation sites is 2. The van der Waals surface area contributed by atoms with Gasteiger partial charge in [-0.1, -0.05) is 24.3 Å². The van der Waals surface area contributed by atoms with Crippen LogP contribution in [0.3, 0.4) is 0 Å². The van der Waals surface area contributed by atoms with Gasteiger partial charge in [0, 0.05) is 25.8 Å². The number of nitrogens with zero attached hydrogens (tertiary/aromatic N) is 3. The van der Waals surface area contributed by atoms with Crippen molar-refractivity contribution in [2.24, 2.45) is 5.10 Å². The van der Waals surface area contributed by atoms with E-state index in [1.54, 1.807) is 18.2 Å². The Morgan fingerprint density at radius 2 is 1.73 bits per heavy atom. The number of benzene rings is 3. The summed E-state index contributed by atoms with van der Waals surface area (Å²) in [6.07, 6.45) is 1.51. The predicted molar refractivity (Wildman–Crippen MR) is 129 cm³/mol. The van der Waals surface area contributed by atoms with Crippen molar-refractivity contribution in [3.05, 3.63) is 82.4 Å². The van der Waals surface area contributed by atoms with Crippen LogP contribution in [-0.2, 0) is 10.0 Å². The number of rotatable bonds is 9. The highest BCUT2D eigenvalue weighted by Crippen LogP contribution is 2.30. The highest BCUT2D eigenvalue weighted by atomic mass is 32.2. The summed E-state index contributed by atoms with van der Waals surface area (Å²) in [7, 11) is 1.17. The molecule has 0 aliphatic heterocycles. The molecule has 11 heteroatoms. The molecule has 0 saturated carbocycles. The van der Waals surface area contributed by atoms with Crippen molar-refractivity contribution in [1.29, 1.82) is 0 Å². The van der Waals surface area contributed by atoms with Crippen LogP contribution >= 0.6 is 0 Å². The maximum absolute atomic E-state index is 12.8. The maximum Gasteiger partial charge on any atom is 0.295 e. The van der Waals surface area contributed by atoms with E-state index in [2.05, 4.69) is 15.2 Å². The Morgan fingerprint density at radius 1 is 1.03 bits per heavy atom. The molecule has 3 rings (SSSR count). The summed E-state index contributed by atoms with van der Waals surface area (Å²) >= 11 is 0. The van der Waals surface area contributed by atoms with Gasteiger partial charge in [-0.15, -0.1) is 0 Å². The second-order valence-corrected chi connectivity index (χ2v) is 8.78. The Balaban J connectivity index is 1.82.